The zero-order chi connectivity index (χ0) is 25.3. The Morgan fingerprint density at radius 2 is 1.83 bits per heavy atom. The molecule has 2 aromatic heterocycles. The van der Waals surface area contributed by atoms with Crippen LogP contribution in [0.5, 0.6) is 0 Å². The third kappa shape index (κ3) is 5.03. The second kappa shape index (κ2) is 9.47. The topological polar surface area (TPSA) is 95.3 Å². The van der Waals surface area contributed by atoms with E-state index in [0.29, 0.717) is 26.1 Å². The van der Waals surface area contributed by atoms with Crippen LogP contribution < -0.4 is 9.80 Å². The van der Waals surface area contributed by atoms with Crippen molar-refractivity contribution in [3.8, 4) is 0 Å². The van der Waals surface area contributed by atoms with E-state index in [9.17, 15) is 18.0 Å². The Balaban J connectivity index is 1.54. The van der Waals surface area contributed by atoms with Crippen molar-refractivity contribution in [3.05, 3.63) is 70.2 Å². The number of benzene rings is 1. The van der Waals surface area contributed by atoms with E-state index in [4.69, 9.17) is 5.11 Å². The number of carboxylic acid groups (broad SMARTS) is 1. The summed E-state index contributed by atoms with van der Waals surface area (Å²) in [7, 11) is 0. The lowest BCUT2D eigenvalue weighted by Crippen LogP contribution is -2.53. The number of carbonyl (C=O) groups is 1. The van der Waals surface area contributed by atoms with Crippen LogP contribution in [0.15, 0.2) is 36.5 Å². The van der Waals surface area contributed by atoms with Crippen LogP contribution in [-0.2, 0) is 12.6 Å². The van der Waals surface area contributed by atoms with Crippen molar-refractivity contribution in [1.29, 1.82) is 0 Å². The molecule has 0 saturated carbocycles. The van der Waals surface area contributed by atoms with Gasteiger partial charge in [-0.15, -0.1) is 5.10 Å². The summed E-state index contributed by atoms with van der Waals surface area (Å²) < 4.78 is 40.2. The van der Waals surface area contributed by atoms with Gasteiger partial charge in [0.2, 0.25) is 5.95 Å². The molecule has 0 aliphatic carbocycles. The van der Waals surface area contributed by atoms with Crippen LogP contribution in [-0.4, -0.2) is 56.9 Å². The second-order valence-corrected chi connectivity index (χ2v) is 8.61. The van der Waals surface area contributed by atoms with Gasteiger partial charge in [0.15, 0.2) is 11.5 Å². The first-order chi connectivity index (χ1) is 16.6. The molecule has 4 rings (SSSR count). The minimum Gasteiger partial charge on any atom is -0.478 e. The number of hydrogen-bond acceptors (Lipinski definition) is 7. The highest BCUT2D eigenvalue weighted by molar-refractivity contribution is 5.88. The molecule has 1 aliphatic rings. The van der Waals surface area contributed by atoms with Gasteiger partial charge in [0.1, 0.15) is 5.56 Å². The molecule has 3 aromatic rings. The van der Waals surface area contributed by atoms with Crippen molar-refractivity contribution < 1.29 is 23.1 Å². The highest BCUT2D eigenvalue weighted by Gasteiger charge is 2.39. The molecule has 1 fully saturated rings. The second-order valence-electron chi connectivity index (χ2n) is 8.61. The fourth-order valence-corrected chi connectivity index (χ4v) is 4.23. The summed E-state index contributed by atoms with van der Waals surface area (Å²) in [6.07, 6.45) is -3.50. The van der Waals surface area contributed by atoms with Gasteiger partial charge in [-0.2, -0.15) is 18.3 Å². The minimum atomic E-state index is -4.90. The summed E-state index contributed by atoms with van der Waals surface area (Å²) in [6.45, 7) is 7.15. The number of piperazine rings is 1. The molecular formula is C24H25F3N6O2. The zero-order valence-electron chi connectivity index (χ0n) is 19.5. The van der Waals surface area contributed by atoms with Crippen LogP contribution in [0.2, 0.25) is 0 Å². The van der Waals surface area contributed by atoms with Crippen LogP contribution in [0.1, 0.15) is 45.4 Å². The number of nitrogens with zero attached hydrogens (tertiary/aromatic N) is 6. The number of anilines is 2. The largest absolute Gasteiger partial charge is 0.478 e. The molecule has 0 spiro atoms. The van der Waals surface area contributed by atoms with Crippen molar-refractivity contribution in [3.63, 3.8) is 0 Å². The number of aromatic nitrogens is 4. The molecule has 0 unspecified atom stereocenters. The standard InChI is InChI=1S/C24H25F3N6O2/c1-14-13-32(21-16(3)15(2)19(30-31-21)11-17-7-5-4-6-8-17)9-10-33(14)23-28-12-18(22(34)35)20(29-23)24(25,26)27/h4-8,12,14H,9-11,13H2,1-3H3,(H,34,35)/t14-/m1/s1. The Labute approximate surface area is 200 Å². The normalized spacial score (nSPS) is 16.5. The van der Waals surface area contributed by atoms with Gasteiger partial charge in [-0.25, -0.2) is 14.8 Å². The molecule has 8 nitrogen and oxygen atoms in total. The van der Waals surface area contributed by atoms with Crippen molar-refractivity contribution in [2.45, 2.75) is 39.4 Å². The lowest BCUT2D eigenvalue weighted by Gasteiger charge is -2.41. The third-order valence-electron chi connectivity index (χ3n) is 6.27. The number of hydrogen-bond donors (Lipinski definition) is 1. The zero-order valence-corrected chi connectivity index (χ0v) is 19.5. The van der Waals surface area contributed by atoms with Gasteiger partial charge in [0, 0.05) is 38.3 Å². The summed E-state index contributed by atoms with van der Waals surface area (Å²) in [5.74, 6) is -1.13. The Morgan fingerprint density at radius 3 is 2.46 bits per heavy atom. The Kier molecular flexibility index (Phi) is 6.60. The molecule has 1 aromatic carbocycles. The smallest absolute Gasteiger partial charge is 0.434 e. The van der Waals surface area contributed by atoms with Gasteiger partial charge in [-0.3, -0.25) is 0 Å². The van der Waals surface area contributed by atoms with E-state index in [1.807, 2.05) is 51.1 Å². The summed E-state index contributed by atoms with van der Waals surface area (Å²) in [5.41, 5.74) is 1.69. The number of carboxylic acids is 1. The highest BCUT2D eigenvalue weighted by atomic mass is 19.4. The van der Waals surface area contributed by atoms with Gasteiger partial charge in [0.25, 0.3) is 0 Å². The summed E-state index contributed by atoms with van der Waals surface area (Å²) in [4.78, 5) is 22.4. The molecule has 1 N–H and O–H groups in total. The maximum Gasteiger partial charge on any atom is 0.434 e. The number of rotatable bonds is 5. The fourth-order valence-electron chi connectivity index (χ4n) is 4.23. The van der Waals surface area contributed by atoms with Crippen LogP contribution in [0.25, 0.3) is 0 Å². The van der Waals surface area contributed by atoms with Gasteiger partial charge < -0.3 is 14.9 Å². The van der Waals surface area contributed by atoms with Gasteiger partial charge in [-0.1, -0.05) is 30.3 Å². The number of aromatic carboxylic acids is 1. The van der Waals surface area contributed by atoms with E-state index in [-0.39, 0.29) is 12.0 Å². The predicted octanol–water partition coefficient (Wildman–Crippen LogP) is 3.91. The molecule has 35 heavy (non-hydrogen) atoms. The van der Waals surface area contributed by atoms with E-state index in [0.717, 1.165) is 34.4 Å². The molecule has 0 radical (unpaired) electrons. The van der Waals surface area contributed by atoms with Crippen molar-refractivity contribution >= 4 is 17.7 Å². The maximum absolute atomic E-state index is 13.4. The number of halogens is 3. The fraction of sp³-hybridized carbons (Fsp3) is 0.375. The Bertz CT molecular complexity index is 1240. The first-order valence-electron chi connectivity index (χ1n) is 11.1. The molecular weight excluding hydrogens is 461 g/mol. The van der Waals surface area contributed by atoms with E-state index >= 15 is 0 Å². The van der Waals surface area contributed by atoms with Crippen molar-refractivity contribution in [1.82, 2.24) is 20.2 Å². The molecule has 1 saturated heterocycles. The predicted molar refractivity (Wildman–Crippen MR) is 124 cm³/mol. The van der Waals surface area contributed by atoms with E-state index in [1.165, 1.54) is 0 Å². The molecule has 0 bridgehead atoms. The first kappa shape index (κ1) is 24.4. The van der Waals surface area contributed by atoms with Gasteiger partial charge in [0.05, 0.1) is 5.69 Å². The summed E-state index contributed by atoms with van der Waals surface area (Å²) in [6, 6.07) is 9.77. The quantitative estimate of drug-likeness (QED) is 0.580. The minimum absolute atomic E-state index is 0.147. The number of alkyl halides is 3. The van der Waals surface area contributed by atoms with Gasteiger partial charge in [-0.05, 0) is 37.5 Å². The van der Waals surface area contributed by atoms with Crippen molar-refractivity contribution in [2.24, 2.45) is 0 Å². The van der Waals surface area contributed by atoms with Crippen LogP contribution in [0.4, 0.5) is 24.9 Å². The average Bonchev–Trinajstić information content (AvgIpc) is 2.82. The van der Waals surface area contributed by atoms with E-state index in [2.05, 4.69) is 25.1 Å². The van der Waals surface area contributed by atoms with Gasteiger partial charge >= 0.3 is 12.1 Å². The molecule has 0 amide bonds. The van der Waals surface area contributed by atoms with Crippen LogP contribution in [0, 0.1) is 13.8 Å². The Hall–Kier alpha value is -3.76. The van der Waals surface area contributed by atoms with Crippen LogP contribution >= 0.6 is 0 Å². The molecule has 1 aliphatic heterocycles. The van der Waals surface area contributed by atoms with E-state index < -0.39 is 23.4 Å². The van der Waals surface area contributed by atoms with Crippen molar-refractivity contribution in [2.75, 3.05) is 29.4 Å². The summed E-state index contributed by atoms with van der Waals surface area (Å²) >= 11 is 0. The monoisotopic (exact) mass is 486 g/mol. The maximum atomic E-state index is 13.4. The summed E-state index contributed by atoms with van der Waals surface area (Å²) in [5, 5.41) is 18.0. The molecule has 1 atom stereocenters. The lowest BCUT2D eigenvalue weighted by atomic mass is 10.0. The molecule has 3 heterocycles. The molecule has 11 heteroatoms. The van der Waals surface area contributed by atoms with Crippen LogP contribution in [0.3, 0.4) is 0 Å². The first-order valence-corrected chi connectivity index (χ1v) is 11.1. The average molecular weight is 486 g/mol. The highest BCUT2D eigenvalue weighted by Crippen LogP contribution is 2.32. The molecule has 184 valence electrons. The third-order valence-corrected chi connectivity index (χ3v) is 6.27. The SMILES string of the molecule is Cc1c(Cc2ccccc2)nnc(N2CCN(c3ncc(C(=O)O)c(C(F)(F)F)n3)[C@H](C)C2)c1C. The Morgan fingerprint density at radius 1 is 1.11 bits per heavy atom. The lowest BCUT2D eigenvalue weighted by molar-refractivity contribution is -0.141. The van der Waals surface area contributed by atoms with E-state index in [1.54, 1.807) is 4.90 Å².